The van der Waals surface area contributed by atoms with Crippen LogP contribution in [0.4, 0.5) is 4.79 Å². The highest BCUT2D eigenvalue weighted by Gasteiger charge is 2.25. The van der Waals surface area contributed by atoms with Crippen molar-refractivity contribution in [2.45, 2.75) is 25.8 Å². The largest absolute Gasteiger partial charge is 0.336 e. The van der Waals surface area contributed by atoms with Gasteiger partial charge in [-0.2, -0.15) is 0 Å². The highest BCUT2D eigenvalue weighted by Crippen LogP contribution is 2.28. The van der Waals surface area contributed by atoms with Gasteiger partial charge in [-0.25, -0.2) is 4.79 Å². The summed E-state index contributed by atoms with van der Waals surface area (Å²) in [5.41, 5.74) is 0. The number of amides is 2. The number of carbonyl (C=O) groups excluding carboxylic acids is 1. The summed E-state index contributed by atoms with van der Waals surface area (Å²) in [6, 6.07) is 4.41. The third-order valence-electron chi connectivity index (χ3n) is 3.99. The van der Waals surface area contributed by atoms with Gasteiger partial charge in [0.15, 0.2) is 0 Å². The molecule has 1 saturated heterocycles. The van der Waals surface area contributed by atoms with Gasteiger partial charge in [-0.1, -0.05) is 19.1 Å². The van der Waals surface area contributed by atoms with Gasteiger partial charge in [0.25, 0.3) is 0 Å². The number of carbonyl (C=O) groups is 1. The van der Waals surface area contributed by atoms with Crippen LogP contribution in [-0.2, 0) is 0 Å². The van der Waals surface area contributed by atoms with Crippen LogP contribution in [0.3, 0.4) is 0 Å². The van der Waals surface area contributed by atoms with Crippen molar-refractivity contribution >= 4 is 17.4 Å². The minimum Gasteiger partial charge on any atom is -0.336 e. The van der Waals surface area contributed by atoms with Gasteiger partial charge < -0.3 is 10.6 Å². The number of thiophene rings is 1. The zero-order chi connectivity index (χ0) is 15.1. The highest BCUT2D eigenvalue weighted by molar-refractivity contribution is 7.10. The summed E-state index contributed by atoms with van der Waals surface area (Å²) in [5, 5.41) is 7.85. The maximum atomic E-state index is 11.7. The van der Waals surface area contributed by atoms with Gasteiger partial charge in [0.05, 0.1) is 6.04 Å². The first-order valence-corrected chi connectivity index (χ1v) is 8.48. The maximum Gasteiger partial charge on any atom is 0.315 e. The van der Waals surface area contributed by atoms with Gasteiger partial charge in [0.1, 0.15) is 0 Å². The topological polar surface area (TPSA) is 44.4 Å². The number of piperidine rings is 1. The Morgan fingerprint density at radius 2 is 2.29 bits per heavy atom. The van der Waals surface area contributed by atoms with Crippen LogP contribution >= 0.6 is 11.3 Å². The quantitative estimate of drug-likeness (QED) is 0.794. The van der Waals surface area contributed by atoms with Crippen LogP contribution in [-0.4, -0.2) is 37.1 Å². The first kappa shape index (κ1) is 16.0. The Balaban J connectivity index is 1.93. The standard InChI is InChI=1S/C16H25N3OS/c1-3-8-17-16(20)18-12-14(15-5-4-11-21-15)19-9-6-13(2)7-10-19/h3-5,11,13-14H,1,6-10,12H2,2H3,(H2,17,18,20). The van der Waals surface area contributed by atoms with Crippen molar-refractivity contribution < 1.29 is 4.79 Å². The molecule has 0 spiro atoms. The van der Waals surface area contributed by atoms with Crippen LogP contribution in [0.1, 0.15) is 30.7 Å². The van der Waals surface area contributed by atoms with Crippen LogP contribution in [0.2, 0.25) is 0 Å². The molecule has 1 unspecified atom stereocenters. The molecule has 21 heavy (non-hydrogen) atoms. The zero-order valence-corrected chi connectivity index (χ0v) is 13.5. The van der Waals surface area contributed by atoms with Gasteiger partial charge in [0, 0.05) is 18.0 Å². The van der Waals surface area contributed by atoms with Crippen molar-refractivity contribution in [1.29, 1.82) is 0 Å². The van der Waals surface area contributed by atoms with Gasteiger partial charge >= 0.3 is 6.03 Å². The zero-order valence-electron chi connectivity index (χ0n) is 12.7. The molecule has 4 nitrogen and oxygen atoms in total. The molecule has 2 N–H and O–H groups in total. The van der Waals surface area contributed by atoms with Gasteiger partial charge in [-0.15, -0.1) is 17.9 Å². The number of nitrogens with zero attached hydrogens (tertiary/aromatic N) is 1. The van der Waals surface area contributed by atoms with E-state index in [0.29, 0.717) is 13.1 Å². The molecular weight excluding hydrogens is 282 g/mol. The molecule has 2 rings (SSSR count). The third kappa shape index (κ3) is 4.86. The second-order valence-electron chi connectivity index (χ2n) is 5.63. The first-order chi connectivity index (χ1) is 10.2. The van der Waals surface area contributed by atoms with E-state index in [4.69, 9.17) is 0 Å². The van der Waals surface area contributed by atoms with E-state index in [1.165, 1.54) is 17.7 Å². The summed E-state index contributed by atoms with van der Waals surface area (Å²) >= 11 is 1.77. The van der Waals surface area contributed by atoms with E-state index < -0.39 is 0 Å². The number of rotatable bonds is 6. The lowest BCUT2D eigenvalue weighted by Gasteiger charge is -2.36. The van der Waals surface area contributed by atoms with Crippen molar-refractivity contribution in [3.8, 4) is 0 Å². The van der Waals surface area contributed by atoms with Gasteiger partial charge in [0.2, 0.25) is 0 Å². The minimum absolute atomic E-state index is 0.123. The van der Waals surface area contributed by atoms with Gasteiger partial charge in [-0.3, -0.25) is 4.90 Å². The van der Waals surface area contributed by atoms with Crippen molar-refractivity contribution in [2.24, 2.45) is 5.92 Å². The fourth-order valence-electron chi connectivity index (χ4n) is 2.65. The number of nitrogens with one attached hydrogen (secondary N) is 2. The Morgan fingerprint density at radius 1 is 1.52 bits per heavy atom. The molecule has 0 saturated carbocycles. The van der Waals surface area contributed by atoms with Gasteiger partial charge in [-0.05, 0) is 43.3 Å². The number of likely N-dealkylation sites (tertiary alicyclic amines) is 1. The number of hydrogen-bond donors (Lipinski definition) is 2. The highest BCUT2D eigenvalue weighted by atomic mass is 32.1. The number of urea groups is 1. The van der Waals surface area contributed by atoms with Crippen LogP contribution in [0, 0.1) is 5.92 Å². The molecule has 0 aliphatic carbocycles. The first-order valence-electron chi connectivity index (χ1n) is 7.60. The summed E-state index contributed by atoms with van der Waals surface area (Å²) < 4.78 is 0. The molecule has 5 heteroatoms. The Hall–Kier alpha value is -1.33. The molecule has 2 heterocycles. The predicted octanol–water partition coefficient (Wildman–Crippen LogP) is 3.01. The lowest BCUT2D eigenvalue weighted by molar-refractivity contribution is 0.138. The van der Waals surface area contributed by atoms with Crippen LogP contribution in [0.15, 0.2) is 30.2 Å². The normalized spacial score (nSPS) is 18.1. The maximum absolute atomic E-state index is 11.7. The molecule has 0 radical (unpaired) electrons. The second-order valence-corrected chi connectivity index (χ2v) is 6.61. The second kappa shape index (κ2) is 8.20. The van der Waals surface area contributed by atoms with E-state index in [9.17, 15) is 4.79 Å². The molecule has 0 aromatic carbocycles. The molecule has 0 bridgehead atoms. The number of hydrogen-bond acceptors (Lipinski definition) is 3. The fourth-order valence-corrected chi connectivity index (χ4v) is 3.51. The summed E-state index contributed by atoms with van der Waals surface area (Å²) in [6.45, 7) is 9.29. The molecule has 1 aromatic heterocycles. The van der Waals surface area contributed by atoms with Crippen LogP contribution in [0.5, 0.6) is 0 Å². The molecule has 1 atom stereocenters. The Labute approximate surface area is 131 Å². The lowest BCUT2D eigenvalue weighted by Crippen LogP contribution is -2.44. The van der Waals surface area contributed by atoms with E-state index in [0.717, 1.165) is 19.0 Å². The van der Waals surface area contributed by atoms with Crippen molar-refractivity contribution in [3.63, 3.8) is 0 Å². The summed E-state index contributed by atoms with van der Waals surface area (Å²) in [5.74, 6) is 0.814. The van der Waals surface area contributed by atoms with Crippen molar-refractivity contribution in [1.82, 2.24) is 15.5 Å². The van der Waals surface area contributed by atoms with E-state index in [1.54, 1.807) is 17.4 Å². The van der Waals surface area contributed by atoms with E-state index in [-0.39, 0.29) is 12.1 Å². The molecular formula is C16H25N3OS. The Kier molecular flexibility index (Phi) is 6.26. The Morgan fingerprint density at radius 3 is 2.90 bits per heavy atom. The molecule has 1 aliphatic heterocycles. The SMILES string of the molecule is C=CCNC(=O)NCC(c1cccs1)N1CCC(C)CC1. The van der Waals surface area contributed by atoms with Crippen molar-refractivity contribution in [2.75, 3.05) is 26.2 Å². The van der Waals surface area contributed by atoms with E-state index in [2.05, 4.69) is 46.5 Å². The van der Waals surface area contributed by atoms with E-state index in [1.807, 2.05) is 0 Å². The average molecular weight is 307 g/mol. The molecule has 116 valence electrons. The van der Waals surface area contributed by atoms with E-state index >= 15 is 0 Å². The summed E-state index contributed by atoms with van der Waals surface area (Å²) in [6.07, 6.45) is 4.16. The fraction of sp³-hybridized carbons (Fsp3) is 0.562. The molecule has 1 fully saturated rings. The van der Waals surface area contributed by atoms with Crippen molar-refractivity contribution in [3.05, 3.63) is 35.0 Å². The van der Waals surface area contributed by atoms with Crippen LogP contribution in [0.25, 0.3) is 0 Å². The minimum atomic E-state index is -0.123. The monoisotopic (exact) mass is 307 g/mol. The third-order valence-corrected chi connectivity index (χ3v) is 4.97. The van der Waals surface area contributed by atoms with Crippen LogP contribution < -0.4 is 10.6 Å². The smallest absolute Gasteiger partial charge is 0.315 e. The Bertz CT molecular complexity index is 438. The molecule has 1 aliphatic rings. The predicted molar refractivity (Wildman–Crippen MR) is 88.6 cm³/mol. The lowest BCUT2D eigenvalue weighted by atomic mass is 9.97. The molecule has 1 aromatic rings. The summed E-state index contributed by atoms with van der Waals surface area (Å²) in [7, 11) is 0. The summed E-state index contributed by atoms with van der Waals surface area (Å²) in [4.78, 5) is 15.6. The molecule has 2 amide bonds. The average Bonchev–Trinajstić information content (AvgIpc) is 3.01.